The van der Waals surface area contributed by atoms with E-state index in [-0.39, 0.29) is 5.02 Å². The van der Waals surface area contributed by atoms with E-state index >= 15 is 0 Å². The van der Waals surface area contributed by atoms with E-state index in [4.69, 9.17) is 17.3 Å². The Hall–Kier alpha value is -2.86. The molecule has 3 N–H and O–H groups in total. The van der Waals surface area contributed by atoms with Crippen molar-refractivity contribution in [3.63, 3.8) is 0 Å². The molecule has 5 nitrogen and oxygen atoms in total. The zero-order chi connectivity index (χ0) is 17.8. The number of halogens is 2. The summed E-state index contributed by atoms with van der Waals surface area (Å²) >= 11 is 5.82. The summed E-state index contributed by atoms with van der Waals surface area (Å²) in [5.41, 5.74) is 8.24. The van der Waals surface area contributed by atoms with Gasteiger partial charge in [-0.1, -0.05) is 29.8 Å². The minimum Gasteiger partial charge on any atom is -0.393 e. The lowest BCUT2D eigenvalue weighted by atomic mass is 10.2. The number of aromatic nitrogens is 2. The fraction of sp³-hybridized carbons (Fsp3) is 0.111. The summed E-state index contributed by atoms with van der Waals surface area (Å²) in [5.74, 6) is 0.547. The van der Waals surface area contributed by atoms with Crippen molar-refractivity contribution in [2.45, 2.75) is 6.92 Å². The van der Waals surface area contributed by atoms with Crippen molar-refractivity contribution >= 4 is 40.3 Å². The molecule has 0 radical (unpaired) electrons. The van der Waals surface area contributed by atoms with Gasteiger partial charge in [-0.15, -0.1) is 0 Å². The first kappa shape index (κ1) is 17.0. The molecular formula is C18H17ClFN5. The minimum absolute atomic E-state index is 0.0253. The molecule has 0 saturated heterocycles. The van der Waals surface area contributed by atoms with Crippen LogP contribution in [-0.2, 0) is 0 Å². The van der Waals surface area contributed by atoms with E-state index in [2.05, 4.69) is 15.3 Å². The van der Waals surface area contributed by atoms with Crippen LogP contribution in [0.2, 0.25) is 5.02 Å². The zero-order valence-electron chi connectivity index (χ0n) is 13.6. The number of hydrogen-bond donors (Lipinski definition) is 2. The number of anilines is 5. The molecule has 0 aliphatic heterocycles. The van der Waals surface area contributed by atoms with Gasteiger partial charge in [-0.2, -0.15) is 0 Å². The second-order valence-corrected chi connectivity index (χ2v) is 5.70. The molecule has 7 heteroatoms. The fourth-order valence-electron chi connectivity index (χ4n) is 2.47. The third-order valence-electron chi connectivity index (χ3n) is 3.68. The van der Waals surface area contributed by atoms with Crippen LogP contribution in [0.5, 0.6) is 0 Å². The smallest absolute Gasteiger partial charge is 0.161 e. The average Bonchev–Trinajstić information content (AvgIpc) is 2.63. The van der Waals surface area contributed by atoms with Crippen LogP contribution in [0.3, 0.4) is 0 Å². The molecular weight excluding hydrogens is 341 g/mol. The second kappa shape index (κ2) is 7.36. The maximum absolute atomic E-state index is 13.3. The van der Waals surface area contributed by atoms with Crippen LogP contribution >= 0.6 is 11.6 Å². The van der Waals surface area contributed by atoms with Gasteiger partial charge >= 0.3 is 0 Å². The van der Waals surface area contributed by atoms with Crippen LogP contribution < -0.4 is 16.0 Å². The van der Waals surface area contributed by atoms with Crippen molar-refractivity contribution < 1.29 is 4.39 Å². The summed E-state index contributed by atoms with van der Waals surface area (Å²) in [7, 11) is 0. The molecule has 1 heterocycles. The van der Waals surface area contributed by atoms with Crippen LogP contribution in [0, 0.1) is 5.82 Å². The normalized spacial score (nSPS) is 10.5. The third kappa shape index (κ3) is 3.64. The molecule has 0 aliphatic carbocycles. The lowest BCUT2D eigenvalue weighted by molar-refractivity contribution is 0.628. The standard InChI is InChI=1S/C18H17ClFN5/c1-2-25(13-6-4-3-5-7-13)18-16(21)17(22-11-23-18)24-12-8-9-15(20)14(19)10-12/h3-11H,2,21H2,1H3,(H,22,23,24). The van der Waals surface area contributed by atoms with Crippen molar-refractivity contribution in [2.75, 3.05) is 22.5 Å². The van der Waals surface area contributed by atoms with Crippen molar-refractivity contribution in [2.24, 2.45) is 0 Å². The number of nitrogen functional groups attached to an aromatic ring is 1. The van der Waals surface area contributed by atoms with E-state index in [1.165, 1.54) is 18.5 Å². The Labute approximate surface area is 150 Å². The predicted molar refractivity (Wildman–Crippen MR) is 100 cm³/mol. The Morgan fingerprint density at radius 3 is 2.60 bits per heavy atom. The highest BCUT2D eigenvalue weighted by atomic mass is 35.5. The molecule has 0 fully saturated rings. The summed E-state index contributed by atoms with van der Waals surface area (Å²) in [5, 5.41) is 3.08. The SMILES string of the molecule is CCN(c1ccccc1)c1ncnc(Nc2ccc(F)c(Cl)c2)c1N. The molecule has 0 amide bonds. The van der Waals surface area contributed by atoms with E-state index in [9.17, 15) is 4.39 Å². The summed E-state index contributed by atoms with van der Waals surface area (Å²) in [4.78, 5) is 10.5. The van der Waals surface area contributed by atoms with E-state index in [0.717, 1.165) is 5.69 Å². The Morgan fingerprint density at radius 1 is 1.16 bits per heavy atom. The van der Waals surface area contributed by atoms with Gasteiger partial charge in [0.25, 0.3) is 0 Å². The van der Waals surface area contributed by atoms with Gasteiger partial charge < -0.3 is 16.0 Å². The highest BCUT2D eigenvalue weighted by Gasteiger charge is 2.16. The van der Waals surface area contributed by atoms with Crippen LogP contribution in [0.15, 0.2) is 54.9 Å². The molecule has 128 valence electrons. The topological polar surface area (TPSA) is 67.1 Å². The molecule has 25 heavy (non-hydrogen) atoms. The van der Waals surface area contributed by atoms with E-state index in [1.54, 1.807) is 6.07 Å². The lowest BCUT2D eigenvalue weighted by Gasteiger charge is -2.24. The molecule has 0 atom stereocenters. The lowest BCUT2D eigenvalue weighted by Crippen LogP contribution is -2.19. The van der Waals surface area contributed by atoms with Crippen LogP contribution in [0.1, 0.15) is 6.92 Å². The maximum Gasteiger partial charge on any atom is 0.161 e. The fourth-order valence-corrected chi connectivity index (χ4v) is 2.65. The van der Waals surface area contributed by atoms with E-state index in [1.807, 2.05) is 42.2 Å². The number of benzene rings is 2. The first-order valence-electron chi connectivity index (χ1n) is 7.75. The van der Waals surface area contributed by atoms with E-state index in [0.29, 0.717) is 29.6 Å². The minimum atomic E-state index is -0.482. The molecule has 3 rings (SSSR count). The highest BCUT2D eigenvalue weighted by molar-refractivity contribution is 6.31. The summed E-state index contributed by atoms with van der Waals surface area (Å²) in [6.07, 6.45) is 1.44. The van der Waals surface area contributed by atoms with Gasteiger partial charge in [0.2, 0.25) is 0 Å². The van der Waals surface area contributed by atoms with Gasteiger partial charge in [0.05, 0.1) is 5.02 Å². The van der Waals surface area contributed by atoms with Crippen molar-refractivity contribution in [1.29, 1.82) is 0 Å². The Morgan fingerprint density at radius 2 is 1.92 bits per heavy atom. The number of nitrogens with two attached hydrogens (primary N) is 1. The number of rotatable bonds is 5. The average molecular weight is 358 g/mol. The maximum atomic E-state index is 13.3. The molecule has 0 bridgehead atoms. The Bertz CT molecular complexity index is 873. The monoisotopic (exact) mass is 357 g/mol. The molecule has 1 aromatic heterocycles. The number of para-hydroxylation sites is 1. The first-order chi connectivity index (χ1) is 12.1. The van der Waals surface area contributed by atoms with Crippen molar-refractivity contribution in [3.05, 3.63) is 65.7 Å². The largest absolute Gasteiger partial charge is 0.393 e. The zero-order valence-corrected chi connectivity index (χ0v) is 14.3. The molecule has 3 aromatic rings. The van der Waals surface area contributed by atoms with E-state index < -0.39 is 5.82 Å². The van der Waals surface area contributed by atoms with Gasteiger partial charge in [0.15, 0.2) is 11.6 Å². The van der Waals surface area contributed by atoms with Gasteiger partial charge in [-0.05, 0) is 37.3 Å². The summed E-state index contributed by atoms with van der Waals surface area (Å²) in [6, 6.07) is 14.2. The summed E-state index contributed by atoms with van der Waals surface area (Å²) < 4.78 is 13.3. The van der Waals surface area contributed by atoms with Gasteiger partial charge in [-0.25, -0.2) is 14.4 Å². The molecule has 0 unspecified atom stereocenters. The molecule has 0 spiro atoms. The van der Waals surface area contributed by atoms with Gasteiger partial charge in [-0.3, -0.25) is 0 Å². The van der Waals surface area contributed by atoms with Crippen molar-refractivity contribution in [1.82, 2.24) is 9.97 Å². The Balaban J connectivity index is 1.95. The van der Waals surface area contributed by atoms with Crippen LogP contribution in [0.25, 0.3) is 0 Å². The molecule has 0 saturated carbocycles. The third-order valence-corrected chi connectivity index (χ3v) is 3.97. The Kier molecular flexibility index (Phi) is 5.00. The quantitative estimate of drug-likeness (QED) is 0.689. The number of nitrogens with zero attached hydrogens (tertiary/aromatic N) is 3. The number of nitrogens with one attached hydrogen (secondary N) is 1. The highest BCUT2D eigenvalue weighted by Crippen LogP contribution is 2.33. The van der Waals surface area contributed by atoms with Crippen LogP contribution in [0.4, 0.5) is 33.1 Å². The van der Waals surface area contributed by atoms with Crippen LogP contribution in [-0.4, -0.2) is 16.5 Å². The molecule has 0 aliphatic rings. The summed E-state index contributed by atoms with van der Waals surface area (Å²) in [6.45, 7) is 2.70. The predicted octanol–water partition coefficient (Wildman–Crippen LogP) is 4.75. The van der Waals surface area contributed by atoms with Gasteiger partial charge in [0, 0.05) is 17.9 Å². The first-order valence-corrected chi connectivity index (χ1v) is 8.13. The number of hydrogen-bond acceptors (Lipinski definition) is 5. The van der Waals surface area contributed by atoms with Crippen molar-refractivity contribution in [3.8, 4) is 0 Å². The van der Waals surface area contributed by atoms with Gasteiger partial charge in [0.1, 0.15) is 17.8 Å². The molecule has 2 aromatic carbocycles. The second-order valence-electron chi connectivity index (χ2n) is 5.29.